The van der Waals surface area contributed by atoms with E-state index in [1.165, 1.54) is 0 Å². The summed E-state index contributed by atoms with van der Waals surface area (Å²) in [6.07, 6.45) is -7.54. The van der Waals surface area contributed by atoms with Crippen LogP contribution in [-0.4, -0.2) is 133 Å². The Morgan fingerprint density at radius 1 is 1.06 bits per heavy atom. The van der Waals surface area contributed by atoms with Gasteiger partial charge in [0.2, 0.25) is 0 Å². The van der Waals surface area contributed by atoms with Gasteiger partial charge >= 0.3 is 194 Å². The normalized spacial score (nSPS) is 26.8. The van der Waals surface area contributed by atoms with Crippen LogP contribution in [0.15, 0.2) is 0 Å². The van der Waals surface area contributed by atoms with Gasteiger partial charge in [-0.25, -0.2) is 0 Å². The topological polar surface area (TPSA) is 230 Å². The van der Waals surface area contributed by atoms with E-state index in [0.717, 1.165) is 0 Å². The van der Waals surface area contributed by atoms with Crippen molar-refractivity contribution in [3.05, 3.63) is 0 Å². The molecule has 1 saturated heterocycles. The molecule has 0 saturated carbocycles. The molecule has 0 aliphatic carbocycles. The Balaban J connectivity index is 2.59. The fourth-order valence-electron chi connectivity index (χ4n) is 3.18. The van der Waals surface area contributed by atoms with Gasteiger partial charge in [-0.1, -0.05) is 0 Å². The van der Waals surface area contributed by atoms with Crippen LogP contribution in [0, 0.1) is 5.92 Å². The zero-order valence-corrected chi connectivity index (χ0v) is 21.0. The summed E-state index contributed by atoms with van der Waals surface area (Å²) in [5.74, 6) is -1.95. The molecule has 0 aromatic carbocycles. The van der Waals surface area contributed by atoms with E-state index in [4.69, 9.17) is 23.9 Å². The molecule has 1 heterocycles. The third-order valence-corrected chi connectivity index (χ3v) is 11.0. The first-order chi connectivity index (χ1) is 15.1. The Kier molecular flexibility index (Phi) is 12.6. The van der Waals surface area contributed by atoms with E-state index in [1.807, 2.05) is 11.4 Å². The maximum absolute atomic E-state index is 11.6. The van der Waals surface area contributed by atoms with Crippen molar-refractivity contribution in [1.82, 2.24) is 0 Å². The second kappa shape index (κ2) is 13.6. The van der Waals surface area contributed by atoms with E-state index in [-0.39, 0.29) is 18.4 Å². The Morgan fingerprint density at radius 2 is 1.70 bits per heavy atom. The predicted molar refractivity (Wildman–Crippen MR) is 112 cm³/mol. The predicted octanol–water partition coefficient (Wildman–Crippen LogP) is -2.59. The van der Waals surface area contributed by atoms with Crippen molar-refractivity contribution in [1.29, 1.82) is 0 Å². The van der Waals surface area contributed by atoms with Gasteiger partial charge < -0.3 is 0 Å². The van der Waals surface area contributed by atoms with Gasteiger partial charge in [-0.05, 0) is 0 Å². The number of carbonyl (C=O) groups is 1. The van der Waals surface area contributed by atoms with Crippen LogP contribution in [0.5, 0.6) is 0 Å². The fraction of sp³-hybridized carbons (Fsp3) is 0.941. The van der Waals surface area contributed by atoms with E-state index in [1.54, 1.807) is 0 Å². The molecule has 1 aliphatic rings. The fourth-order valence-corrected chi connectivity index (χ4v) is 9.55. The number of hydrogen-bond donors (Lipinski definition) is 7. The zero-order chi connectivity index (χ0) is 25.4. The van der Waals surface area contributed by atoms with Crippen molar-refractivity contribution in [2.75, 3.05) is 33.0 Å². The van der Waals surface area contributed by atoms with Crippen molar-refractivity contribution in [3.63, 3.8) is 0 Å². The molecule has 33 heavy (non-hydrogen) atoms. The first-order valence-corrected chi connectivity index (χ1v) is 17.8. The molecule has 1 fully saturated rings. The Morgan fingerprint density at radius 3 is 2.24 bits per heavy atom. The van der Waals surface area contributed by atoms with Gasteiger partial charge in [0.1, 0.15) is 0 Å². The molecule has 7 atom stereocenters. The summed E-state index contributed by atoms with van der Waals surface area (Å²) in [6, 6.07) is 0. The van der Waals surface area contributed by atoms with Gasteiger partial charge in [0.05, 0.1) is 0 Å². The number of aliphatic hydroxyl groups excluding tert-OH is 5. The van der Waals surface area contributed by atoms with Gasteiger partial charge in [0, 0.05) is 0 Å². The molecule has 0 radical (unpaired) electrons. The maximum atomic E-state index is 11.6. The molecule has 196 valence electrons. The SMILES string of the molecule is C[As+](C)(C[C@H](COCC(O)CO)C(=O)O)C[C@H]1O[C@@H](OC[C@H](O)COS(=O)(=O)O)[C@@H](O)[C@H]1O. The third kappa shape index (κ3) is 11.7. The second-order valence-corrected chi connectivity index (χ2v) is 19.2. The van der Waals surface area contributed by atoms with Gasteiger partial charge in [-0.15, -0.1) is 0 Å². The number of ether oxygens (including phenoxy) is 3. The zero-order valence-electron chi connectivity index (χ0n) is 18.3. The average Bonchev–Trinajstić information content (AvgIpc) is 2.96. The van der Waals surface area contributed by atoms with Crippen LogP contribution in [0.2, 0.25) is 21.8 Å². The van der Waals surface area contributed by atoms with E-state index in [0.29, 0.717) is 5.21 Å². The summed E-state index contributed by atoms with van der Waals surface area (Å²) < 4.78 is 49.4. The first-order valence-electron chi connectivity index (χ1n) is 9.99. The van der Waals surface area contributed by atoms with E-state index in [2.05, 4.69) is 4.18 Å². The van der Waals surface area contributed by atoms with Gasteiger partial charge in [0.25, 0.3) is 0 Å². The summed E-state index contributed by atoms with van der Waals surface area (Å²) in [5.41, 5.74) is 3.81. The van der Waals surface area contributed by atoms with E-state index < -0.39 is 92.5 Å². The van der Waals surface area contributed by atoms with E-state index >= 15 is 0 Å². The Hall–Kier alpha value is -0.422. The molecule has 0 bridgehead atoms. The molecular formula is C17H34AsO14S+. The Bertz CT molecular complexity index is 704. The van der Waals surface area contributed by atoms with Crippen LogP contribution in [0.4, 0.5) is 0 Å². The molecule has 16 heteroatoms. The van der Waals surface area contributed by atoms with Crippen LogP contribution in [0.25, 0.3) is 0 Å². The third-order valence-electron chi connectivity index (χ3n) is 4.76. The number of aliphatic carboxylic acids is 1. The number of carboxylic acid groups (broad SMARTS) is 1. The second-order valence-electron chi connectivity index (χ2n) is 8.43. The van der Waals surface area contributed by atoms with Crippen molar-refractivity contribution in [2.24, 2.45) is 5.92 Å². The summed E-state index contributed by atoms with van der Waals surface area (Å²) in [4.78, 5) is 11.6. The summed E-state index contributed by atoms with van der Waals surface area (Å²) >= 11 is -2.74. The standard InChI is InChI=1S/C17H33AsO14S/c1-18(2,3-10(16(24)25)6-29-7-11(20)5-19)4-13-14(22)15(23)17(32-13)30-8-12(21)9-31-33(26,27)28/h10-15,17,19-23H,3-9H2,1-2H3,(H-,24,25,26,27,28)/p+1/t10-,11?,12+,13-,14+,15+,17-/m1/s1. The molecule has 1 unspecified atom stereocenters. The van der Waals surface area contributed by atoms with Crippen molar-refractivity contribution in [3.8, 4) is 0 Å². The minimum atomic E-state index is -4.74. The summed E-state index contributed by atoms with van der Waals surface area (Å²) in [5, 5.41) is 58.3. The van der Waals surface area contributed by atoms with Gasteiger partial charge in [-0.3, -0.25) is 0 Å². The minimum absolute atomic E-state index is 0.164. The molecule has 7 N–H and O–H groups in total. The quantitative estimate of drug-likeness (QED) is 0.0747. The number of carboxylic acids is 1. The molecule has 0 amide bonds. The van der Waals surface area contributed by atoms with Crippen molar-refractivity contribution < 1.29 is 66.8 Å². The molecule has 1 aliphatic heterocycles. The van der Waals surface area contributed by atoms with Crippen LogP contribution >= 0.6 is 0 Å². The van der Waals surface area contributed by atoms with Crippen LogP contribution in [0.3, 0.4) is 0 Å². The van der Waals surface area contributed by atoms with Crippen LogP contribution < -0.4 is 0 Å². The molecule has 0 aromatic heterocycles. The number of aliphatic hydroxyl groups is 5. The molecule has 0 spiro atoms. The first kappa shape index (κ1) is 30.6. The van der Waals surface area contributed by atoms with Gasteiger partial charge in [0.15, 0.2) is 0 Å². The van der Waals surface area contributed by atoms with E-state index in [9.17, 15) is 38.7 Å². The molecule has 1 rings (SSSR count). The number of rotatable bonds is 16. The summed E-state index contributed by atoms with van der Waals surface area (Å²) in [7, 11) is -4.74. The molecular weight excluding hydrogens is 535 g/mol. The molecule has 0 aromatic rings. The monoisotopic (exact) mass is 569 g/mol. The molecule has 14 nitrogen and oxygen atoms in total. The Labute approximate surface area is 194 Å². The van der Waals surface area contributed by atoms with Crippen LogP contribution in [-0.2, 0) is 33.6 Å². The van der Waals surface area contributed by atoms with Crippen molar-refractivity contribution in [2.45, 2.75) is 58.6 Å². The summed E-state index contributed by atoms with van der Waals surface area (Å²) in [6.45, 7) is -2.18. The van der Waals surface area contributed by atoms with Crippen molar-refractivity contribution >= 4 is 29.9 Å². The van der Waals surface area contributed by atoms with Gasteiger partial charge in [-0.2, -0.15) is 0 Å². The number of hydrogen-bond acceptors (Lipinski definition) is 12. The average molecular weight is 569 g/mol. The van der Waals surface area contributed by atoms with Crippen LogP contribution in [0.1, 0.15) is 0 Å².